The highest BCUT2D eigenvalue weighted by molar-refractivity contribution is 7.14. The zero-order chi connectivity index (χ0) is 22.8. The van der Waals surface area contributed by atoms with Gasteiger partial charge in [0.25, 0.3) is 0 Å². The molecule has 0 aliphatic carbocycles. The zero-order valence-electron chi connectivity index (χ0n) is 16.8. The molecule has 0 unspecified atom stereocenters. The molecule has 3 heterocycles. The number of aliphatic imine (C=N–C) groups is 1. The molecule has 2 N–H and O–H groups in total. The van der Waals surface area contributed by atoms with Crippen molar-refractivity contribution in [2.45, 2.75) is 26.9 Å². The van der Waals surface area contributed by atoms with E-state index in [0.717, 1.165) is 22.0 Å². The third kappa shape index (κ3) is 4.71. The second-order valence-corrected chi connectivity index (χ2v) is 7.38. The van der Waals surface area contributed by atoms with E-state index in [0.29, 0.717) is 11.9 Å². The van der Waals surface area contributed by atoms with Gasteiger partial charge in [-0.2, -0.15) is 18.3 Å². The minimum atomic E-state index is -5.12. The molecule has 0 bridgehead atoms. The van der Waals surface area contributed by atoms with Crippen LogP contribution in [0.5, 0.6) is 0 Å². The van der Waals surface area contributed by atoms with Crippen LogP contribution in [0.3, 0.4) is 0 Å². The van der Waals surface area contributed by atoms with Gasteiger partial charge in [0, 0.05) is 23.7 Å². The number of aromatic amines is 1. The lowest BCUT2D eigenvalue weighted by atomic mass is 10.2. The van der Waals surface area contributed by atoms with Gasteiger partial charge in [-0.15, -0.1) is 11.3 Å². The number of aromatic nitrogens is 3. The molecule has 0 amide bonds. The first-order valence-corrected chi connectivity index (χ1v) is 10.0. The monoisotopic (exact) mass is 452 g/mol. The Labute approximate surface area is 179 Å². The van der Waals surface area contributed by atoms with Gasteiger partial charge in [-0.3, -0.25) is 5.10 Å². The predicted octanol–water partition coefficient (Wildman–Crippen LogP) is 5.19. The molecule has 3 aromatic rings. The molecule has 0 saturated carbocycles. The van der Waals surface area contributed by atoms with Gasteiger partial charge in [0.2, 0.25) is 5.76 Å². The van der Waals surface area contributed by atoms with Gasteiger partial charge in [-0.25, -0.2) is 9.79 Å². The molecule has 0 radical (unpaired) electrons. The highest BCUT2D eigenvalue weighted by Crippen LogP contribution is 2.34. The van der Waals surface area contributed by atoms with Crippen LogP contribution in [-0.2, 0) is 9.53 Å². The zero-order valence-corrected chi connectivity index (χ0v) is 17.6. The lowest BCUT2D eigenvalue weighted by molar-refractivity contribution is -0.141. The van der Waals surface area contributed by atoms with Crippen LogP contribution >= 0.6 is 11.3 Å². The molecule has 3 rings (SSSR count). The molecule has 3 aromatic heterocycles. The number of thiophene rings is 1. The van der Waals surface area contributed by atoms with E-state index in [-0.39, 0.29) is 12.4 Å². The Hall–Kier alpha value is -3.34. The number of aryl methyl sites for hydroxylation is 2. The van der Waals surface area contributed by atoms with Crippen LogP contribution in [0.1, 0.15) is 18.3 Å². The number of nitrogens with one attached hydrogen (secondary N) is 1. The van der Waals surface area contributed by atoms with Crippen LogP contribution in [0.4, 0.5) is 19.0 Å². The quantitative estimate of drug-likeness (QED) is 0.233. The number of ether oxygens (including phenoxy) is 1. The smallest absolute Gasteiger partial charge is 0.449 e. The van der Waals surface area contributed by atoms with E-state index in [9.17, 15) is 23.1 Å². The summed E-state index contributed by atoms with van der Waals surface area (Å²) in [6, 6.07) is 7.48. The number of esters is 1. The largest absolute Gasteiger partial charge is 0.504 e. The van der Waals surface area contributed by atoms with Crippen molar-refractivity contribution in [1.82, 2.24) is 14.8 Å². The summed E-state index contributed by atoms with van der Waals surface area (Å²) >= 11 is 1.46. The topological polar surface area (TPSA) is 92.5 Å². The van der Waals surface area contributed by atoms with Crippen molar-refractivity contribution in [3.63, 3.8) is 0 Å². The van der Waals surface area contributed by atoms with Gasteiger partial charge >= 0.3 is 12.1 Å². The van der Waals surface area contributed by atoms with Crippen LogP contribution in [-0.4, -0.2) is 44.8 Å². The van der Waals surface area contributed by atoms with Crippen molar-refractivity contribution in [3.05, 3.63) is 52.4 Å². The molecular weight excluding hydrogens is 433 g/mol. The normalized spacial score (nSPS) is 13.0. The fraction of sp³-hybridized carbons (Fsp3) is 0.250. The Kier molecular flexibility index (Phi) is 6.34. The van der Waals surface area contributed by atoms with E-state index < -0.39 is 23.5 Å². The average Bonchev–Trinajstić information content (AvgIpc) is 3.41. The van der Waals surface area contributed by atoms with E-state index in [1.54, 1.807) is 0 Å². The summed E-state index contributed by atoms with van der Waals surface area (Å²) in [6.07, 6.45) is -4.53. The van der Waals surface area contributed by atoms with Crippen LogP contribution < -0.4 is 0 Å². The molecule has 0 atom stereocenters. The summed E-state index contributed by atoms with van der Waals surface area (Å²) in [5, 5.41) is 18.1. The Bertz CT molecular complexity index is 1140. The van der Waals surface area contributed by atoms with E-state index in [4.69, 9.17) is 0 Å². The molecule has 0 spiro atoms. The van der Waals surface area contributed by atoms with Gasteiger partial charge < -0.3 is 14.4 Å². The third-order valence-corrected chi connectivity index (χ3v) is 5.25. The van der Waals surface area contributed by atoms with Crippen molar-refractivity contribution < 1.29 is 27.8 Å². The van der Waals surface area contributed by atoms with Crippen molar-refractivity contribution in [1.29, 1.82) is 0 Å². The molecule has 7 nitrogen and oxygen atoms in total. The number of H-pyrrole nitrogens is 1. The fourth-order valence-electron chi connectivity index (χ4n) is 2.92. The fourth-order valence-corrected chi connectivity index (χ4v) is 3.77. The van der Waals surface area contributed by atoms with Gasteiger partial charge in [0.15, 0.2) is 5.82 Å². The molecular formula is C20H19F3N4O3S. The van der Waals surface area contributed by atoms with Crippen LogP contribution in [0.2, 0.25) is 0 Å². The Morgan fingerprint density at radius 2 is 2.00 bits per heavy atom. The summed E-state index contributed by atoms with van der Waals surface area (Å²) in [7, 11) is 0. The maximum atomic E-state index is 12.9. The number of aliphatic hydroxyl groups is 1. The molecule has 0 aromatic carbocycles. The minimum absolute atomic E-state index is 0.0343. The Morgan fingerprint density at radius 3 is 2.61 bits per heavy atom. The highest BCUT2D eigenvalue weighted by atomic mass is 32.1. The summed E-state index contributed by atoms with van der Waals surface area (Å²) < 4.78 is 45.2. The van der Waals surface area contributed by atoms with Crippen molar-refractivity contribution in [2.75, 3.05) is 6.61 Å². The minimum Gasteiger partial charge on any atom is -0.504 e. The first-order chi connectivity index (χ1) is 14.6. The molecule has 31 heavy (non-hydrogen) atoms. The number of allylic oxidation sites excluding steroid dienone is 1. The van der Waals surface area contributed by atoms with Crippen LogP contribution in [0.15, 0.2) is 46.0 Å². The maximum Gasteiger partial charge on any atom is 0.449 e. The second-order valence-electron chi connectivity index (χ2n) is 6.46. The second kappa shape index (κ2) is 8.80. The van der Waals surface area contributed by atoms with Gasteiger partial charge in [0.1, 0.15) is 5.57 Å². The number of aliphatic hydroxyl groups excluding tert-OH is 1. The molecule has 11 heteroatoms. The summed E-state index contributed by atoms with van der Waals surface area (Å²) in [4.78, 5) is 16.5. The van der Waals surface area contributed by atoms with Gasteiger partial charge in [-0.1, -0.05) is 0 Å². The number of carbonyl (C=O) groups excluding carboxylic acids is 1. The number of carbonyl (C=O) groups is 1. The van der Waals surface area contributed by atoms with E-state index in [1.807, 2.05) is 37.4 Å². The number of halogens is 3. The van der Waals surface area contributed by atoms with Crippen molar-refractivity contribution >= 4 is 29.3 Å². The van der Waals surface area contributed by atoms with Gasteiger partial charge in [0.05, 0.1) is 22.9 Å². The number of rotatable bonds is 6. The first kappa shape index (κ1) is 22.3. The Morgan fingerprint density at radius 1 is 1.32 bits per heavy atom. The number of alkyl halides is 3. The Balaban J connectivity index is 1.94. The van der Waals surface area contributed by atoms with Crippen LogP contribution in [0.25, 0.3) is 16.3 Å². The first-order valence-electron chi connectivity index (χ1n) is 9.13. The average molecular weight is 452 g/mol. The van der Waals surface area contributed by atoms with Gasteiger partial charge in [-0.05, 0) is 44.4 Å². The number of hydrogen-bond acceptors (Lipinski definition) is 6. The highest BCUT2D eigenvalue weighted by Gasteiger charge is 2.38. The summed E-state index contributed by atoms with van der Waals surface area (Å²) in [5.41, 5.74) is 2.51. The van der Waals surface area contributed by atoms with E-state index in [2.05, 4.69) is 24.5 Å². The van der Waals surface area contributed by atoms with E-state index in [1.165, 1.54) is 24.3 Å². The summed E-state index contributed by atoms with van der Waals surface area (Å²) in [5.74, 6) is -3.38. The molecule has 0 fully saturated rings. The third-order valence-electron chi connectivity index (χ3n) is 4.31. The maximum absolute atomic E-state index is 12.9. The standard InChI is InChI=1S/C20H19F3N4O3S/c1-4-30-19(29)13(18(28)20(21,22)23)10-24-16-9-14(25-26-16)17-15(7-8-31-17)27-11(2)5-6-12(27)3/h5-10,28H,4H2,1-3H3,(H,25,26)/b18-13+,24-10?. The molecule has 164 valence electrons. The molecule has 0 aliphatic heterocycles. The van der Waals surface area contributed by atoms with E-state index >= 15 is 0 Å². The number of nitrogens with zero attached hydrogens (tertiary/aromatic N) is 3. The lowest BCUT2D eigenvalue weighted by Crippen LogP contribution is -2.20. The summed E-state index contributed by atoms with van der Waals surface area (Å²) in [6.45, 7) is 5.23. The SMILES string of the molecule is CCOC(=O)/C(C=Nc1cc(-c2sccc2-n2c(C)ccc2C)[nH]n1)=C(/O)C(F)(F)F. The predicted molar refractivity (Wildman–Crippen MR) is 111 cm³/mol. The van der Waals surface area contributed by atoms with Crippen LogP contribution in [0, 0.1) is 13.8 Å². The molecule has 0 aliphatic rings. The molecule has 0 saturated heterocycles. The van der Waals surface area contributed by atoms with Crippen molar-refractivity contribution in [3.8, 4) is 16.3 Å². The van der Waals surface area contributed by atoms with Crippen molar-refractivity contribution in [2.24, 2.45) is 4.99 Å². The lowest BCUT2D eigenvalue weighted by Gasteiger charge is -2.09. The number of hydrogen-bond donors (Lipinski definition) is 2.